The molecule has 0 aromatic heterocycles. The highest BCUT2D eigenvalue weighted by atomic mass is 16.2. The molecule has 0 spiro atoms. The van der Waals surface area contributed by atoms with Crippen LogP contribution in [0.2, 0.25) is 0 Å². The van der Waals surface area contributed by atoms with Crippen LogP contribution in [0.4, 0.5) is 4.79 Å². The number of carbonyl (C=O) groups is 3. The summed E-state index contributed by atoms with van der Waals surface area (Å²) in [5.41, 5.74) is 7.77. The lowest BCUT2D eigenvalue weighted by Crippen LogP contribution is -2.62. The molecule has 0 bridgehead atoms. The van der Waals surface area contributed by atoms with Crippen LogP contribution in [0.3, 0.4) is 0 Å². The number of hydrogen-bond acceptors (Lipinski definition) is 5. The molecule has 2 heterocycles. The number of likely N-dealkylation sites (N-methyl/N-ethyl adjacent to an activating group) is 2. The first-order valence-corrected chi connectivity index (χ1v) is 10.7. The van der Waals surface area contributed by atoms with Crippen molar-refractivity contribution in [3.63, 3.8) is 0 Å². The van der Waals surface area contributed by atoms with Crippen molar-refractivity contribution in [2.24, 2.45) is 10.7 Å². The van der Waals surface area contributed by atoms with Gasteiger partial charge < -0.3 is 5.73 Å². The van der Waals surface area contributed by atoms with E-state index in [1.54, 1.807) is 11.6 Å². The predicted octanol–water partition coefficient (Wildman–Crippen LogP) is 0.890. The minimum atomic E-state index is -0.851. The van der Waals surface area contributed by atoms with E-state index in [2.05, 4.69) is 34.2 Å². The molecular formula is C24H27N6O3+. The second-order valence-corrected chi connectivity index (χ2v) is 8.24. The van der Waals surface area contributed by atoms with Crippen molar-refractivity contribution >= 4 is 29.5 Å². The highest BCUT2D eigenvalue weighted by Crippen LogP contribution is 2.20. The maximum absolute atomic E-state index is 12.9. The Kier molecular flexibility index (Phi) is 6.32. The van der Waals surface area contributed by atoms with Gasteiger partial charge in [0, 0.05) is 27.2 Å². The van der Waals surface area contributed by atoms with Gasteiger partial charge in [-0.3, -0.25) is 24.3 Å². The SMILES string of the molecule is CN1C(=O)C2C(=NC(CN(Cc3ccccc3)Cc3ccccc3)=[N+]2CC(N)=O)N(C)C1=O. The molecule has 2 aliphatic rings. The molecule has 33 heavy (non-hydrogen) atoms. The van der Waals surface area contributed by atoms with Crippen molar-refractivity contribution in [2.45, 2.75) is 19.1 Å². The first kappa shape index (κ1) is 22.3. The minimum Gasteiger partial charge on any atom is -0.366 e. The number of amides is 4. The van der Waals surface area contributed by atoms with Crippen LogP contribution in [0.5, 0.6) is 0 Å². The van der Waals surface area contributed by atoms with E-state index in [9.17, 15) is 14.4 Å². The van der Waals surface area contributed by atoms with Gasteiger partial charge in [0.1, 0.15) is 6.54 Å². The average Bonchev–Trinajstić information content (AvgIpc) is 3.15. The first-order valence-electron chi connectivity index (χ1n) is 10.7. The molecule has 4 amide bonds. The summed E-state index contributed by atoms with van der Waals surface area (Å²) in [6, 6.07) is 18.8. The van der Waals surface area contributed by atoms with Gasteiger partial charge in [-0.1, -0.05) is 60.7 Å². The number of nitrogens with zero attached hydrogens (tertiary/aromatic N) is 5. The maximum atomic E-state index is 12.9. The summed E-state index contributed by atoms with van der Waals surface area (Å²) in [5.74, 6) is -0.148. The first-order chi connectivity index (χ1) is 15.8. The Morgan fingerprint density at radius 2 is 1.48 bits per heavy atom. The van der Waals surface area contributed by atoms with Gasteiger partial charge in [-0.05, 0) is 16.1 Å². The van der Waals surface area contributed by atoms with Crippen molar-refractivity contribution < 1.29 is 19.0 Å². The normalized spacial score (nSPS) is 18.2. The molecule has 0 radical (unpaired) electrons. The van der Waals surface area contributed by atoms with E-state index in [0.29, 0.717) is 31.3 Å². The third-order valence-corrected chi connectivity index (χ3v) is 5.80. The van der Waals surface area contributed by atoms with Crippen LogP contribution in [0.25, 0.3) is 0 Å². The van der Waals surface area contributed by atoms with Crippen molar-refractivity contribution in [2.75, 3.05) is 27.2 Å². The number of amidine groups is 2. The number of aliphatic imine (C=N–C) groups is 1. The van der Waals surface area contributed by atoms with Crippen molar-refractivity contribution in [3.8, 4) is 0 Å². The summed E-state index contributed by atoms with van der Waals surface area (Å²) < 4.78 is 1.61. The van der Waals surface area contributed by atoms with E-state index in [1.807, 2.05) is 36.4 Å². The zero-order valence-electron chi connectivity index (χ0n) is 18.7. The van der Waals surface area contributed by atoms with Gasteiger partial charge >= 0.3 is 11.9 Å². The lowest BCUT2D eigenvalue weighted by Gasteiger charge is -2.30. The van der Waals surface area contributed by atoms with Gasteiger partial charge in [-0.15, -0.1) is 0 Å². The Hall–Kier alpha value is -3.85. The molecule has 1 saturated heterocycles. The highest BCUT2D eigenvalue weighted by Gasteiger charge is 2.53. The molecule has 1 atom stereocenters. The molecule has 2 aromatic carbocycles. The Morgan fingerprint density at radius 1 is 0.939 bits per heavy atom. The summed E-state index contributed by atoms with van der Waals surface area (Å²) in [6.45, 7) is 1.48. The summed E-state index contributed by atoms with van der Waals surface area (Å²) in [5, 5.41) is 0. The second-order valence-electron chi connectivity index (χ2n) is 8.24. The van der Waals surface area contributed by atoms with Gasteiger partial charge in [-0.2, -0.15) is 0 Å². The summed E-state index contributed by atoms with van der Waals surface area (Å²) in [7, 11) is 3.00. The average molecular weight is 448 g/mol. The van der Waals surface area contributed by atoms with E-state index in [4.69, 9.17) is 5.73 Å². The summed E-state index contributed by atoms with van der Waals surface area (Å²) in [6.07, 6.45) is 0. The topological polar surface area (TPSA) is 102 Å². The maximum Gasteiger partial charge on any atom is 0.333 e. The molecule has 2 aliphatic heterocycles. The zero-order chi connectivity index (χ0) is 23.5. The molecule has 4 rings (SSSR count). The Bertz CT molecular complexity index is 1090. The van der Waals surface area contributed by atoms with Crippen LogP contribution in [-0.2, 0) is 22.7 Å². The fraction of sp³-hybridized carbons (Fsp3) is 0.292. The summed E-state index contributed by atoms with van der Waals surface area (Å²) in [4.78, 5) is 46.5. The van der Waals surface area contributed by atoms with Crippen LogP contribution in [0.1, 0.15) is 11.1 Å². The number of fused-ring (bicyclic) bond motifs is 1. The van der Waals surface area contributed by atoms with Crippen LogP contribution in [0, 0.1) is 0 Å². The van der Waals surface area contributed by atoms with Crippen LogP contribution in [-0.4, -0.2) is 82.0 Å². The lowest BCUT2D eigenvalue weighted by molar-refractivity contribution is -0.525. The Balaban J connectivity index is 1.69. The van der Waals surface area contributed by atoms with Gasteiger partial charge in [0.15, 0.2) is 6.54 Å². The molecule has 0 aliphatic carbocycles. The van der Waals surface area contributed by atoms with Gasteiger partial charge in [0.25, 0.3) is 23.7 Å². The molecule has 2 N–H and O–H groups in total. The molecule has 9 nitrogen and oxygen atoms in total. The summed E-state index contributed by atoms with van der Waals surface area (Å²) >= 11 is 0. The van der Waals surface area contributed by atoms with Crippen LogP contribution < -0.4 is 5.73 Å². The molecule has 1 unspecified atom stereocenters. The fourth-order valence-electron chi connectivity index (χ4n) is 4.18. The van der Waals surface area contributed by atoms with Crippen LogP contribution >= 0.6 is 0 Å². The Labute approximate surface area is 192 Å². The van der Waals surface area contributed by atoms with E-state index >= 15 is 0 Å². The number of benzene rings is 2. The highest BCUT2D eigenvalue weighted by molar-refractivity contribution is 6.23. The third-order valence-electron chi connectivity index (χ3n) is 5.80. The third kappa shape index (κ3) is 4.68. The lowest BCUT2D eigenvalue weighted by atomic mass is 10.1. The van der Waals surface area contributed by atoms with E-state index in [-0.39, 0.29) is 6.54 Å². The molecule has 1 fully saturated rings. The number of rotatable bonds is 8. The van der Waals surface area contributed by atoms with Gasteiger partial charge in [0.2, 0.25) is 0 Å². The largest absolute Gasteiger partial charge is 0.366 e. The molecule has 9 heteroatoms. The standard InChI is InChI=1S/C24H26N6O3/c1-27-22-21(23(32)28(2)24(27)33)30(15-19(25)31)20(26-22)16-29(13-17-9-5-3-6-10-17)14-18-11-7-4-8-12-18/h3-12,21H,13-16H2,1-2H3,(H-,25,31)/p+1. The van der Waals surface area contributed by atoms with Crippen molar-refractivity contribution in [1.82, 2.24) is 14.7 Å². The predicted molar refractivity (Wildman–Crippen MR) is 123 cm³/mol. The second kappa shape index (κ2) is 9.33. The number of nitrogens with two attached hydrogens (primary N) is 1. The van der Waals surface area contributed by atoms with Crippen molar-refractivity contribution in [3.05, 3.63) is 71.8 Å². The fourth-order valence-corrected chi connectivity index (χ4v) is 4.18. The number of urea groups is 1. The number of hydrogen-bond donors (Lipinski definition) is 1. The van der Waals surface area contributed by atoms with E-state index in [1.165, 1.54) is 11.9 Å². The van der Waals surface area contributed by atoms with E-state index < -0.39 is 23.9 Å². The Morgan fingerprint density at radius 3 is 2.00 bits per heavy atom. The zero-order valence-corrected chi connectivity index (χ0v) is 18.7. The molecule has 170 valence electrons. The van der Waals surface area contributed by atoms with Crippen LogP contribution in [0.15, 0.2) is 65.7 Å². The molecular weight excluding hydrogens is 420 g/mol. The minimum absolute atomic E-state index is 0.168. The number of primary amides is 1. The number of imide groups is 1. The molecule has 0 saturated carbocycles. The number of carbonyl (C=O) groups excluding carboxylic acids is 3. The molecule has 2 aromatic rings. The van der Waals surface area contributed by atoms with Gasteiger partial charge in [0.05, 0.1) is 0 Å². The van der Waals surface area contributed by atoms with Crippen molar-refractivity contribution in [1.29, 1.82) is 0 Å². The smallest absolute Gasteiger partial charge is 0.333 e. The van der Waals surface area contributed by atoms with E-state index in [0.717, 1.165) is 16.0 Å². The quantitative estimate of drug-likeness (QED) is 0.607. The monoisotopic (exact) mass is 447 g/mol. The van der Waals surface area contributed by atoms with Gasteiger partial charge in [-0.25, -0.2) is 9.37 Å².